The molecule has 0 aliphatic rings. The Morgan fingerprint density at radius 1 is 0.923 bits per heavy atom. The van der Waals surface area contributed by atoms with Crippen molar-refractivity contribution < 1.29 is 5.11 Å². The van der Waals surface area contributed by atoms with Gasteiger partial charge in [-0.05, 0) is 47.7 Å². The number of aryl methyl sites for hydroxylation is 1. The number of aromatic hydroxyl groups is 1. The van der Waals surface area contributed by atoms with Crippen LogP contribution < -0.4 is 5.73 Å². The van der Waals surface area contributed by atoms with Crippen molar-refractivity contribution in [1.29, 1.82) is 0 Å². The molecule has 1 unspecified atom stereocenters. The Hall–Kier alpha value is -3.00. The van der Waals surface area contributed by atoms with Crippen molar-refractivity contribution in [3.05, 3.63) is 102 Å². The normalized spacial score (nSPS) is 13.2. The van der Waals surface area contributed by atoms with Gasteiger partial charge >= 0.3 is 0 Å². The van der Waals surface area contributed by atoms with Crippen molar-refractivity contribution in [2.24, 2.45) is 0 Å². The molecule has 0 aromatic heterocycles. The minimum atomic E-state index is -0.463. The van der Waals surface area contributed by atoms with Crippen molar-refractivity contribution >= 4 is 11.3 Å². The first kappa shape index (κ1) is 17.8. The van der Waals surface area contributed by atoms with E-state index in [2.05, 4.69) is 38.6 Å². The zero-order valence-electron chi connectivity index (χ0n) is 15.4. The lowest BCUT2D eigenvalue weighted by atomic mass is 9.68. The standard InChI is InChI=1S/C24H25NO/c1-4-18-9-8-12-22(23(18)25)17(2)24(3,19-10-6-5-7-11-19)20-13-15-21(26)16-14-20/h5-16,26H,2,4,25H2,1,3H3. The number of allylic oxidation sites excluding steroid dienone is 1. The number of phenolic OH excluding ortho intramolecular Hbond substituents is 1. The zero-order valence-corrected chi connectivity index (χ0v) is 15.4. The molecule has 0 saturated carbocycles. The molecule has 0 spiro atoms. The van der Waals surface area contributed by atoms with Crippen LogP contribution in [0.1, 0.15) is 36.1 Å². The van der Waals surface area contributed by atoms with Crippen LogP contribution in [0.25, 0.3) is 5.57 Å². The van der Waals surface area contributed by atoms with Gasteiger partial charge in [-0.1, -0.05) is 74.2 Å². The topological polar surface area (TPSA) is 46.2 Å². The number of benzene rings is 3. The highest BCUT2D eigenvalue weighted by Crippen LogP contribution is 2.45. The minimum absolute atomic E-state index is 0.252. The second kappa shape index (κ2) is 7.09. The van der Waals surface area contributed by atoms with E-state index in [4.69, 9.17) is 5.73 Å². The fourth-order valence-corrected chi connectivity index (χ4v) is 3.54. The third-order valence-electron chi connectivity index (χ3n) is 5.30. The average Bonchev–Trinajstić information content (AvgIpc) is 2.68. The summed E-state index contributed by atoms with van der Waals surface area (Å²) in [6.45, 7) is 8.73. The second-order valence-corrected chi connectivity index (χ2v) is 6.75. The maximum Gasteiger partial charge on any atom is 0.115 e. The second-order valence-electron chi connectivity index (χ2n) is 6.75. The first-order valence-corrected chi connectivity index (χ1v) is 8.90. The van der Waals surface area contributed by atoms with Gasteiger partial charge in [0.25, 0.3) is 0 Å². The molecular weight excluding hydrogens is 318 g/mol. The van der Waals surface area contributed by atoms with Gasteiger partial charge in [-0.2, -0.15) is 0 Å². The van der Waals surface area contributed by atoms with Gasteiger partial charge in [-0.25, -0.2) is 0 Å². The van der Waals surface area contributed by atoms with E-state index >= 15 is 0 Å². The lowest BCUT2D eigenvalue weighted by Crippen LogP contribution is -2.25. The van der Waals surface area contributed by atoms with E-state index in [0.29, 0.717) is 0 Å². The molecule has 2 nitrogen and oxygen atoms in total. The number of anilines is 1. The van der Waals surface area contributed by atoms with Crippen molar-refractivity contribution in [3.63, 3.8) is 0 Å². The van der Waals surface area contributed by atoms with Gasteiger partial charge in [-0.3, -0.25) is 0 Å². The number of rotatable bonds is 5. The molecule has 0 heterocycles. The van der Waals surface area contributed by atoms with E-state index in [-0.39, 0.29) is 5.75 Å². The Kier molecular flexibility index (Phi) is 4.85. The van der Waals surface area contributed by atoms with Crippen LogP contribution in [0.15, 0.2) is 79.4 Å². The largest absolute Gasteiger partial charge is 0.508 e. The molecule has 0 bridgehead atoms. The first-order chi connectivity index (χ1) is 12.5. The molecule has 3 N–H and O–H groups in total. The van der Waals surface area contributed by atoms with Crippen LogP contribution in [0.5, 0.6) is 5.75 Å². The molecule has 3 rings (SSSR count). The highest BCUT2D eigenvalue weighted by Gasteiger charge is 2.33. The third kappa shape index (κ3) is 2.99. The van der Waals surface area contributed by atoms with Crippen molar-refractivity contribution in [2.75, 3.05) is 5.73 Å². The summed E-state index contributed by atoms with van der Waals surface area (Å²) in [5.74, 6) is 0.252. The Morgan fingerprint density at radius 2 is 1.54 bits per heavy atom. The van der Waals surface area contributed by atoms with E-state index in [1.807, 2.05) is 42.5 Å². The molecule has 0 amide bonds. The molecule has 1 atom stereocenters. The molecule has 2 heteroatoms. The minimum Gasteiger partial charge on any atom is -0.508 e. The quantitative estimate of drug-likeness (QED) is 0.596. The summed E-state index contributed by atoms with van der Waals surface area (Å²) in [7, 11) is 0. The van der Waals surface area contributed by atoms with Crippen LogP contribution in [-0.2, 0) is 11.8 Å². The SMILES string of the molecule is C=C(c1cccc(CC)c1N)C(C)(c1ccccc1)c1ccc(O)cc1. The molecule has 0 saturated heterocycles. The van der Waals surface area contributed by atoms with Gasteiger partial charge in [-0.15, -0.1) is 0 Å². The molecule has 132 valence electrons. The van der Waals surface area contributed by atoms with Crippen LogP contribution in [-0.4, -0.2) is 5.11 Å². The van der Waals surface area contributed by atoms with Crippen molar-refractivity contribution in [1.82, 2.24) is 0 Å². The molecule has 26 heavy (non-hydrogen) atoms. The fourth-order valence-electron chi connectivity index (χ4n) is 3.54. The molecule has 0 radical (unpaired) electrons. The summed E-state index contributed by atoms with van der Waals surface area (Å²) in [5.41, 5.74) is 12.1. The summed E-state index contributed by atoms with van der Waals surface area (Å²) in [6.07, 6.45) is 0.883. The highest BCUT2D eigenvalue weighted by molar-refractivity contribution is 5.84. The Morgan fingerprint density at radius 3 is 2.15 bits per heavy atom. The number of para-hydroxylation sites is 1. The van der Waals surface area contributed by atoms with Gasteiger partial charge in [0.15, 0.2) is 0 Å². The lowest BCUT2D eigenvalue weighted by Gasteiger charge is -2.34. The van der Waals surface area contributed by atoms with Gasteiger partial charge in [0.1, 0.15) is 5.75 Å². The Balaban J connectivity index is 2.22. The predicted octanol–water partition coefficient (Wildman–Crippen LogP) is 5.56. The predicted molar refractivity (Wildman–Crippen MR) is 110 cm³/mol. The molecule has 3 aromatic carbocycles. The summed E-state index contributed by atoms with van der Waals surface area (Å²) < 4.78 is 0. The van der Waals surface area contributed by atoms with Crippen LogP contribution >= 0.6 is 0 Å². The van der Waals surface area contributed by atoms with Crippen LogP contribution in [0.3, 0.4) is 0 Å². The molecule has 0 fully saturated rings. The van der Waals surface area contributed by atoms with E-state index < -0.39 is 5.41 Å². The summed E-state index contributed by atoms with van der Waals surface area (Å²) in [6, 6.07) is 23.8. The average molecular weight is 343 g/mol. The zero-order chi connectivity index (χ0) is 18.7. The van der Waals surface area contributed by atoms with E-state index in [1.165, 1.54) is 0 Å². The maximum absolute atomic E-state index is 9.72. The van der Waals surface area contributed by atoms with Gasteiger partial charge in [0.05, 0.1) is 0 Å². The maximum atomic E-state index is 9.72. The van der Waals surface area contributed by atoms with E-state index in [1.54, 1.807) is 12.1 Å². The van der Waals surface area contributed by atoms with Gasteiger partial charge in [0.2, 0.25) is 0 Å². The molecule has 0 aliphatic heterocycles. The first-order valence-electron chi connectivity index (χ1n) is 8.90. The Bertz CT molecular complexity index is 913. The van der Waals surface area contributed by atoms with Crippen LogP contribution in [0.4, 0.5) is 5.69 Å². The van der Waals surface area contributed by atoms with Crippen LogP contribution in [0.2, 0.25) is 0 Å². The van der Waals surface area contributed by atoms with E-state index in [0.717, 1.165) is 39.9 Å². The summed E-state index contributed by atoms with van der Waals surface area (Å²) in [4.78, 5) is 0. The molecule has 0 aliphatic carbocycles. The lowest BCUT2D eigenvalue weighted by molar-refractivity contribution is 0.475. The van der Waals surface area contributed by atoms with Crippen molar-refractivity contribution in [3.8, 4) is 5.75 Å². The van der Waals surface area contributed by atoms with E-state index in [9.17, 15) is 5.11 Å². The van der Waals surface area contributed by atoms with Gasteiger partial charge in [0, 0.05) is 16.7 Å². The smallest absolute Gasteiger partial charge is 0.115 e. The molecular formula is C24H25NO. The van der Waals surface area contributed by atoms with Gasteiger partial charge < -0.3 is 10.8 Å². The summed E-state index contributed by atoms with van der Waals surface area (Å²) in [5, 5.41) is 9.72. The number of nitrogens with two attached hydrogens (primary N) is 1. The number of nitrogen functional groups attached to an aromatic ring is 1. The highest BCUT2D eigenvalue weighted by atomic mass is 16.3. The molecule has 3 aromatic rings. The monoisotopic (exact) mass is 343 g/mol. The number of hydrogen-bond donors (Lipinski definition) is 2. The number of hydrogen-bond acceptors (Lipinski definition) is 2. The van der Waals surface area contributed by atoms with Crippen LogP contribution in [0, 0.1) is 0 Å². The number of phenols is 1. The third-order valence-corrected chi connectivity index (χ3v) is 5.30. The Labute approximate surface area is 155 Å². The van der Waals surface area contributed by atoms with Crippen molar-refractivity contribution in [2.45, 2.75) is 25.7 Å². The summed E-state index contributed by atoms with van der Waals surface area (Å²) >= 11 is 0. The fraction of sp³-hybridized carbons (Fsp3) is 0.167.